The van der Waals surface area contributed by atoms with Gasteiger partial charge in [0.15, 0.2) is 10.8 Å². The maximum Gasteiger partial charge on any atom is 0.416 e. The second-order valence-corrected chi connectivity index (χ2v) is 8.39. The highest BCUT2D eigenvalue weighted by Crippen LogP contribution is 2.35. The highest BCUT2D eigenvalue weighted by Gasteiger charge is 2.33. The number of hydrogen-bond donors (Lipinski definition) is 3. The lowest BCUT2D eigenvalue weighted by Crippen LogP contribution is -2.20. The number of carbonyl (C=O) groups excluding carboxylic acids is 1. The number of carbonyl (C=O) groups is 1. The Labute approximate surface area is 192 Å². The number of alkyl halides is 3. The van der Waals surface area contributed by atoms with Crippen LogP contribution < -0.4 is 16.0 Å². The lowest BCUT2D eigenvalue weighted by molar-refractivity contribution is -0.138. The Morgan fingerprint density at radius 1 is 1.03 bits per heavy atom. The van der Waals surface area contributed by atoms with Crippen LogP contribution in [0.15, 0.2) is 47.8 Å². The van der Waals surface area contributed by atoms with Crippen molar-refractivity contribution in [1.29, 1.82) is 0 Å². The van der Waals surface area contributed by atoms with E-state index in [1.165, 1.54) is 11.4 Å². The Morgan fingerprint density at radius 3 is 2.19 bits per heavy atom. The van der Waals surface area contributed by atoms with E-state index in [9.17, 15) is 18.0 Å². The van der Waals surface area contributed by atoms with Crippen molar-refractivity contribution in [1.82, 2.24) is 9.59 Å². The first-order valence-electron chi connectivity index (χ1n) is 9.58. The van der Waals surface area contributed by atoms with Crippen molar-refractivity contribution in [2.24, 2.45) is 5.92 Å². The molecule has 0 aliphatic heterocycles. The van der Waals surface area contributed by atoms with Gasteiger partial charge in [-0.2, -0.15) is 13.2 Å². The molecule has 168 valence electrons. The third kappa shape index (κ3) is 6.47. The fourth-order valence-corrected chi connectivity index (χ4v) is 3.60. The summed E-state index contributed by atoms with van der Waals surface area (Å²) >= 11 is 6.31. The average Bonchev–Trinajstić information content (AvgIpc) is 3.24. The minimum Gasteiger partial charge on any atom is -0.332 e. The summed E-state index contributed by atoms with van der Waals surface area (Å²) in [6, 6.07) is 10.8. The van der Waals surface area contributed by atoms with Crippen LogP contribution in [0.3, 0.4) is 0 Å². The molecule has 0 saturated carbocycles. The van der Waals surface area contributed by atoms with Crippen LogP contribution in [0.25, 0.3) is 0 Å². The fraction of sp³-hybridized carbons (Fsp3) is 0.238. The number of nitrogens with one attached hydrogen (secondary N) is 3. The highest BCUT2D eigenvalue weighted by atomic mass is 32.1. The molecule has 1 aromatic heterocycles. The number of nitrogens with zero attached hydrogens (tertiary/aromatic N) is 2. The van der Waals surface area contributed by atoms with E-state index in [4.69, 9.17) is 12.2 Å². The number of aromatic nitrogens is 2. The first-order valence-corrected chi connectivity index (χ1v) is 10.8. The molecule has 1 heterocycles. The number of halogens is 3. The zero-order valence-corrected chi connectivity index (χ0v) is 18.8. The predicted molar refractivity (Wildman–Crippen MR) is 124 cm³/mol. The van der Waals surface area contributed by atoms with Crippen LogP contribution in [0.5, 0.6) is 0 Å². The zero-order valence-electron chi connectivity index (χ0n) is 17.2. The van der Waals surface area contributed by atoms with Crippen molar-refractivity contribution in [2.45, 2.75) is 26.4 Å². The normalized spacial score (nSPS) is 11.3. The molecule has 0 aliphatic rings. The van der Waals surface area contributed by atoms with Crippen LogP contribution in [-0.4, -0.2) is 20.6 Å². The molecule has 11 heteroatoms. The molecule has 2 aromatic carbocycles. The van der Waals surface area contributed by atoms with Crippen LogP contribution in [-0.2, 0) is 12.6 Å². The number of benzene rings is 2. The second-order valence-electron chi connectivity index (χ2n) is 7.37. The molecule has 1 amide bonds. The molecule has 0 fully saturated rings. The molecule has 0 saturated heterocycles. The van der Waals surface area contributed by atoms with Crippen molar-refractivity contribution in [3.05, 3.63) is 64.7 Å². The first-order chi connectivity index (χ1) is 15.1. The van der Waals surface area contributed by atoms with Gasteiger partial charge in [0.25, 0.3) is 5.91 Å². The summed E-state index contributed by atoms with van der Waals surface area (Å²) in [6.07, 6.45) is -4.12. The van der Waals surface area contributed by atoms with Gasteiger partial charge in [-0.1, -0.05) is 24.4 Å². The summed E-state index contributed by atoms with van der Waals surface area (Å²) in [6.45, 7) is 3.75. The van der Waals surface area contributed by atoms with Crippen molar-refractivity contribution in [2.75, 3.05) is 16.0 Å². The summed E-state index contributed by atoms with van der Waals surface area (Å²) < 4.78 is 44.0. The average molecular weight is 480 g/mol. The highest BCUT2D eigenvalue weighted by molar-refractivity contribution is 7.80. The van der Waals surface area contributed by atoms with Crippen molar-refractivity contribution >= 4 is 51.8 Å². The third-order valence-corrected chi connectivity index (χ3v) is 5.00. The van der Waals surface area contributed by atoms with E-state index in [-0.39, 0.29) is 33.9 Å². The number of rotatable bonds is 6. The van der Waals surface area contributed by atoms with Gasteiger partial charge in [-0.05, 0) is 78.1 Å². The molecule has 3 rings (SSSR count). The Hall–Kier alpha value is -3.05. The van der Waals surface area contributed by atoms with Gasteiger partial charge in [0.05, 0.1) is 5.56 Å². The van der Waals surface area contributed by atoms with Gasteiger partial charge >= 0.3 is 6.18 Å². The summed E-state index contributed by atoms with van der Waals surface area (Å²) in [5.41, 5.74) is 1.19. The van der Waals surface area contributed by atoms with E-state index in [2.05, 4.69) is 25.5 Å². The topological polar surface area (TPSA) is 78.9 Å². The molecule has 0 aliphatic carbocycles. The number of thiocarbonyl (C=S) groups is 1. The molecular weight excluding hydrogens is 459 g/mol. The minimum atomic E-state index is -4.45. The summed E-state index contributed by atoms with van der Waals surface area (Å²) in [4.78, 5) is 12.0. The Kier molecular flexibility index (Phi) is 7.41. The first kappa shape index (κ1) is 23.6. The predicted octanol–water partition coefficient (Wildman–Crippen LogP) is 5.82. The van der Waals surface area contributed by atoms with Gasteiger partial charge in [0, 0.05) is 22.4 Å². The maximum absolute atomic E-state index is 13.5. The Bertz CT molecular complexity index is 1080. The van der Waals surface area contributed by atoms with E-state index in [1.54, 1.807) is 30.3 Å². The van der Waals surface area contributed by atoms with E-state index >= 15 is 0 Å². The minimum absolute atomic E-state index is 0.101. The van der Waals surface area contributed by atoms with E-state index in [0.29, 0.717) is 17.8 Å². The fourth-order valence-electron chi connectivity index (χ4n) is 2.92. The molecule has 0 spiro atoms. The summed E-state index contributed by atoms with van der Waals surface area (Å²) in [5, 5.41) is 13.8. The van der Waals surface area contributed by atoms with Crippen molar-refractivity contribution < 1.29 is 18.0 Å². The summed E-state index contributed by atoms with van der Waals surface area (Å²) in [7, 11) is 0. The maximum atomic E-state index is 13.5. The molecule has 0 bridgehead atoms. The Balaban J connectivity index is 1.63. The van der Waals surface area contributed by atoms with Gasteiger partial charge in [-0.15, -0.1) is 5.10 Å². The van der Waals surface area contributed by atoms with Gasteiger partial charge in [0.1, 0.15) is 0 Å². The largest absolute Gasteiger partial charge is 0.416 e. The molecule has 0 atom stereocenters. The quantitative estimate of drug-likeness (QED) is 0.387. The molecule has 0 unspecified atom stereocenters. The lowest BCUT2D eigenvalue weighted by atomic mass is 9.97. The molecular formula is C21H20F3N5OS2. The number of amides is 1. The molecule has 6 nitrogen and oxygen atoms in total. The van der Waals surface area contributed by atoms with E-state index in [0.717, 1.165) is 17.6 Å². The molecule has 0 radical (unpaired) electrons. The number of anilines is 3. The smallest absolute Gasteiger partial charge is 0.332 e. The third-order valence-electron chi connectivity index (χ3n) is 4.29. The van der Waals surface area contributed by atoms with Crippen molar-refractivity contribution in [3.8, 4) is 0 Å². The van der Waals surface area contributed by atoms with Crippen LogP contribution in [0, 0.1) is 5.92 Å². The van der Waals surface area contributed by atoms with Gasteiger partial charge in [-0.3, -0.25) is 4.79 Å². The Morgan fingerprint density at radius 2 is 1.62 bits per heavy atom. The van der Waals surface area contributed by atoms with Crippen LogP contribution >= 0.6 is 23.8 Å². The second kappa shape index (κ2) is 10.0. The van der Waals surface area contributed by atoms with Gasteiger partial charge < -0.3 is 16.0 Å². The van der Waals surface area contributed by atoms with Crippen LogP contribution in [0.4, 0.5) is 30.2 Å². The number of hydrogen-bond acceptors (Lipinski definition) is 5. The van der Waals surface area contributed by atoms with Crippen LogP contribution in [0.1, 0.15) is 35.5 Å². The monoisotopic (exact) mass is 479 g/mol. The SMILES string of the molecule is CC(C)Cc1ccc(NC(=S)Nc2ccc(NC(=O)c3csnn3)cc2)cc1C(F)(F)F. The molecule has 32 heavy (non-hydrogen) atoms. The van der Waals surface area contributed by atoms with Crippen molar-refractivity contribution in [3.63, 3.8) is 0 Å². The molecule has 3 aromatic rings. The standard InChI is InChI=1S/C21H20F3N5OS2/c1-12(2)9-13-3-4-16(10-17(13)21(22,23)24)27-20(31)26-15-7-5-14(6-8-15)25-19(30)18-11-32-29-28-18/h3-8,10-12H,9H2,1-2H3,(H,25,30)(H2,26,27,31). The van der Waals surface area contributed by atoms with E-state index < -0.39 is 11.7 Å². The summed E-state index contributed by atoms with van der Waals surface area (Å²) in [5.74, 6) is -0.276. The van der Waals surface area contributed by atoms with Crippen LogP contribution in [0.2, 0.25) is 0 Å². The van der Waals surface area contributed by atoms with Gasteiger partial charge in [0.2, 0.25) is 0 Å². The van der Waals surface area contributed by atoms with Gasteiger partial charge in [-0.25, -0.2) is 0 Å². The zero-order chi connectivity index (χ0) is 23.3. The van der Waals surface area contributed by atoms with E-state index in [1.807, 2.05) is 13.8 Å². The molecule has 3 N–H and O–H groups in total. The lowest BCUT2D eigenvalue weighted by Gasteiger charge is -2.17.